The Kier molecular flexibility index (Phi) is 6.77. The van der Waals surface area contributed by atoms with Crippen LogP contribution >= 0.6 is 0 Å². The molecule has 0 amide bonds. The number of aryl methyl sites for hydroxylation is 5. The zero-order valence-corrected chi connectivity index (χ0v) is 27.8. The first-order chi connectivity index (χ1) is 23.5. The Morgan fingerprint density at radius 1 is 0.551 bits per heavy atom. The van der Waals surface area contributed by atoms with Crippen molar-refractivity contribution in [1.29, 1.82) is 5.26 Å². The molecule has 0 aliphatic rings. The highest BCUT2D eigenvalue weighted by atomic mass is 19.4. The van der Waals surface area contributed by atoms with Gasteiger partial charge in [-0.25, -0.2) is 0 Å². The number of hydrogen-bond acceptors (Lipinski definition) is 1. The third-order valence-corrected chi connectivity index (χ3v) is 9.74. The molecular weight excluding hydrogens is 615 g/mol. The molecule has 0 atom stereocenters. The summed E-state index contributed by atoms with van der Waals surface area (Å²) < 4.78 is 48.6. The fraction of sp³-hybridized carbons (Fsp3) is 0.140. The summed E-state index contributed by atoms with van der Waals surface area (Å²) in [6, 6.07) is 35.3. The molecule has 240 valence electrons. The maximum absolute atomic E-state index is 14.8. The first-order valence-electron chi connectivity index (χ1n) is 16.2. The van der Waals surface area contributed by atoms with Crippen molar-refractivity contribution in [3.63, 3.8) is 0 Å². The van der Waals surface area contributed by atoms with E-state index in [-0.39, 0.29) is 11.1 Å². The van der Waals surface area contributed by atoms with Gasteiger partial charge < -0.3 is 9.13 Å². The van der Waals surface area contributed by atoms with Gasteiger partial charge in [-0.05, 0) is 104 Å². The summed E-state index contributed by atoms with van der Waals surface area (Å²) >= 11 is 0. The summed E-state index contributed by atoms with van der Waals surface area (Å²) in [5.41, 5.74) is 9.11. The van der Waals surface area contributed by atoms with Crippen molar-refractivity contribution in [2.45, 2.75) is 40.8 Å². The summed E-state index contributed by atoms with van der Waals surface area (Å²) in [4.78, 5) is 0. The van der Waals surface area contributed by atoms with Gasteiger partial charge in [0.1, 0.15) is 11.6 Å². The molecule has 2 heterocycles. The highest BCUT2D eigenvalue weighted by Crippen LogP contribution is 2.46. The predicted octanol–water partition coefficient (Wildman–Crippen LogP) is 12.0. The molecule has 8 rings (SSSR count). The molecule has 0 aliphatic carbocycles. The fourth-order valence-corrected chi connectivity index (χ4v) is 7.55. The molecule has 0 unspecified atom stereocenters. The van der Waals surface area contributed by atoms with E-state index < -0.39 is 11.7 Å². The van der Waals surface area contributed by atoms with Crippen molar-refractivity contribution in [1.82, 2.24) is 9.13 Å². The quantitative estimate of drug-likeness (QED) is 0.188. The molecule has 8 aromatic rings. The molecule has 0 radical (unpaired) electrons. The Labute approximate surface area is 282 Å². The van der Waals surface area contributed by atoms with Crippen LogP contribution in [0.3, 0.4) is 0 Å². The molecule has 3 nitrogen and oxygen atoms in total. The van der Waals surface area contributed by atoms with E-state index in [0.717, 1.165) is 71.9 Å². The first-order valence-corrected chi connectivity index (χ1v) is 16.2. The van der Waals surface area contributed by atoms with Crippen LogP contribution in [0.2, 0.25) is 0 Å². The van der Waals surface area contributed by atoms with Crippen molar-refractivity contribution in [2.24, 2.45) is 0 Å². The minimum atomic E-state index is -4.61. The van der Waals surface area contributed by atoms with Crippen LogP contribution in [0.5, 0.6) is 0 Å². The van der Waals surface area contributed by atoms with Gasteiger partial charge >= 0.3 is 6.18 Å². The Bertz CT molecular complexity index is 2600. The van der Waals surface area contributed by atoms with E-state index in [1.165, 1.54) is 6.07 Å². The minimum absolute atomic E-state index is 0.0669. The summed E-state index contributed by atoms with van der Waals surface area (Å²) in [6.45, 7) is 9.77. The average Bonchev–Trinajstić information content (AvgIpc) is 3.53. The lowest BCUT2D eigenvalue weighted by atomic mass is 9.91. The maximum Gasteiger partial charge on any atom is 0.417 e. The second-order valence-electron chi connectivity index (χ2n) is 13.2. The van der Waals surface area contributed by atoms with Crippen molar-refractivity contribution >= 4 is 43.6 Å². The lowest BCUT2D eigenvalue weighted by Gasteiger charge is -2.23. The zero-order valence-electron chi connectivity index (χ0n) is 27.8. The van der Waals surface area contributed by atoms with Crippen LogP contribution in [0.1, 0.15) is 38.9 Å². The van der Waals surface area contributed by atoms with E-state index in [1.54, 1.807) is 19.1 Å². The van der Waals surface area contributed by atoms with Gasteiger partial charge in [0.25, 0.3) is 0 Å². The van der Waals surface area contributed by atoms with Gasteiger partial charge in [0.05, 0.1) is 39.0 Å². The van der Waals surface area contributed by atoms with E-state index in [1.807, 2.05) is 50.5 Å². The lowest BCUT2D eigenvalue weighted by molar-refractivity contribution is -0.137. The monoisotopic (exact) mass is 647 g/mol. The number of aromatic nitrogens is 2. The van der Waals surface area contributed by atoms with E-state index in [0.29, 0.717) is 22.5 Å². The molecule has 6 aromatic carbocycles. The largest absolute Gasteiger partial charge is 0.417 e. The molecule has 0 bridgehead atoms. The Balaban J connectivity index is 1.63. The Hall–Kier alpha value is -5.80. The molecular formula is C43H32F3N3. The smallest absolute Gasteiger partial charge is 0.308 e. The highest BCUT2D eigenvalue weighted by Gasteiger charge is 2.36. The Morgan fingerprint density at radius 3 is 1.43 bits per heavy atom. The molecule has 0 saturated heterocycles. The van der Waals surface area contributed by atoms with Crippen LogP contribution in [0.25, 0.3) is 66.1 Å². The van der Waals surface area contributed by atoms with Crippen molar-refractivity contribution < 1.29 is 13.2 Å². The zero-order chi connectivity index (χ0) is 34.4. The summed E-state index contributed by atoms with van der Waals surface area (Å²) in [5.74, 6) is 0. The van der Waals surface area contributed by atoms with Gasteiger partial charge in [0.2, 0.25) is 0 Å². The Morgan fingerprint density at radius 2 is 1.00 bits per heavy atom. The summed E-state index contributed by atoms with van der Waals surface area (Å²) in [7, 11) is 0. The van der Waals surface area contributed by atoms with Gasteiger partial charge in [-0.2, -0.15) is 18.4 Å². The van der Waals surface area contributed by atoms with E-state index in [4.69, 9.17) is 0 Å². The summed E-state index contributed by atoms with van der Waals surface area (Å²) in [6.07, 6.45) is -4.61. The van der Waals surface area contributed by atoms with Crippen LogP contribution in [0, 0.1) is 45.9 Å². The molecule has 0 aliphatic heterocycles. The number of alkyl halides is 3. The van der Waals surface area contributed by atoms with E-state index >= 15 is 0 Å². The van der Waals surface area contributed by atoms with Crippen LogP contribution in [-0.2, 0) is 6.18 Å². The van der Waals surface area contributed by atoms with Crippen molar-refractivity contribution in [3.05, 3.63) is 142 Å². The molecule has 0 spiro atoms. The number of nitriles is 1. The van der Waals surface area contributed by atoms with Crippen molar-refractivity contribution in [2.75, 3.05) is 0 Å². The number of nitrogens with zero attached hydrogens (tertiary/aromatic N) is 3. The molecule has 0 N–H and O–H groups in total. The number of halogens is 3. The van der Waals surface area contributed by atoms with E-state index in [2.05, 4.69) is 71.3 Å². The van der Waals surface area contributed by atoms with Crippen LogP contribution < -0.4 is 0 Å². The first kappa shape index (κ1) is 30.5. The maximum atomic E-state index is 14.8. The molecule has 49 heavy (non-hydrogen) atoms. The van der Waals surface area contributed by atoms with Gasteiger partial charge in [0, 0.05) is 27.1 Å². The van der Waals surface area contributed by atoms with Gasteiger partial charge in [-0.15, -0.1) is 0 Å². The molecule has 0 saturated carbocycles. The molecule has 6 heteroatoms. The lowest BCUT2D eigenvalue weighted by Crippen LogP contribution is -2.11. The van der Waals surface area contributed by atoms with Crippen molar-refractivity contribution in [3.8, 4) is 28.6 Å². The van der Waals surface area contributed by atoms with Gasteiger partial charge in [-0.1, -0.05) is 66.7 Å². The predicted molar refractivity (Wildman–Crippen MR) is 194 cm³/mol. The molecule has 0 fully saturated rings. The number of fused-ring (bicyclic) bond motifs is 6. The number of rotatable bonds is 3. The number of hydrogen-bond donors (Lipinski definition) is 0. The highest BCUT2D eigenvalue weighted by molar-refractivity contribution is 6.12. The van der Waals surface area contributed by atoms with Gasteiger partial charge in [-0.3, -0.25) is 0 Å². The van der Waals surface area contributed by atoms with Crippen LogP contribution in [0.4, 0.5) is 13.2 Å². The van der Waals surface area contributed by atoms with Gasteiger partial charge in [0.15, 0.2) is 0 Å². The minimum Gasteiger partial charge on any atom is -0.308 e. The SMILES string of the molecule is Cc1ccc2c3ccc(C)cc3n(-c3ccc(-c4c(C)cccc4C(F)(F)F)c(-n4c5cc(C)ccc5c5ccc(C)cc54)c3C#N)c2c1. The second kappa shape index (κ2) is 10.9. The third-order valence-electron chi connectivity index (χ3n) is 9.74. The summed E-state index contributed by atoms with van der Waals surface area (Å²) in [5, 5.41) is 15.3. The number of benzene rings is 6. The molecule has 2 aromatic heterocycles. The van der Waals surface area contributed by atoms with Crippen LogP contribution in [-0.4, -0.2) is 9.13 Å². The standard InChI is InChI=1S/C43H32F3N3/c1-24-9-13-29-30-14-10-25(2)20-38(30)48(37(29)19-24)36-18-17-33(41-28(5)7-6-8-35(41)43(44,45)46)42(34(36)23-47)49-39-21-26(3)11-15-31(39)32-16-12-27(4)22-40(32)49/h6-22H,1-5H3. The fourth-order valence-electron chi connectivity index (χ4n) is 7.55. The van der Waals surface area contributed by atoms with E-state index in [9.17, 15) is 18.4 Å². The second-order valence-corrected chi connectivity index (χ2v) is 13.2. The third kappa shape index (κ3) is 4.64. The topological polar surface area (TPSA) is 33.6 Å². The average molecular weight is 648 g/mol. The normalized spacial score (nSPS) is 12.1. The van der Waals surface area contributed by atoms with Crippen LogP contribution in [0.15, 0.2) is 103 Å².